The molecule has 7 heteroatoms. The second-order valence-corrected chi connectivity index (χ2v) is 6.64. The van der Waals surface area contributed by atoms with E-state index in [2.05, 4.69) is 44.7 Å². The van der Waals surface area contributed by atoms with E-state index in [0.717, 1.165) is 70.4 Å². The second kappa shape index (κ2) is 7.79. The smallest absolute Gasteiger partial charge is 0.222 e. The fourth-order valence-electron chi connectivity index (χ4n) is 3.28. The maximum atomic E-state index is 12.0. The van der Waals surface area contributed by atoms with Gasteiger partial charge in [0.1, 0.15) is 18.0 Å². The van der Waals surface area contributed by atoms with Gasteiger partial charge in [-0.15, -0.1) is 0 Å². The molecule has 0 aliphatic carbocycles. The number of carbonyl (C=O) groups excluding carboxylic acids is 1. The van der Waals surface area contributed by atoms with Crippen molar-refractivity contribution < 1.29 is 4.79 Å². The summed E-state index contributed by atoms with van der Waals surface area (Å²) in [5.74, 6) is 2.26. The monoisotopic (exact) mass is 332 g/mol. The van der Waals surface area contributed by atoms with Crippen LogP contribution in [0, 0.1) is 0 Å². The molecule has 1 amide bonds. The molecule has 7 nitrogen and oxygen atoms in total. The number of carbonyl (C=O) groups is 1. The average molecular weight is 332 g/mol. The molecule has 3 heterocycles. The minimum Gasteiger partial charge on any atom is -0.354 e. The number of aromatic nitrogens is 2. The summed E-state index contributed by atoms with van der Waals surface area (Å²) in [6, 6.07) is 2.09. The first kappa shape index (κ1) is 17.0. The van der Waals surface area contributed by atoms with E-state index in [4.69, 9.17) is 0 Å². The minimum atomic E-state index is 0.276. The van der Waals surface area contributed by atoms with Crippen molar-refractivity contribution in [2.24, 2.45) is 0 Å². The maximum Gasteiger partial charge on any atom is 0.222 e. The molecule has 132 valence electrons. The molecule has 2 aliphatic heterocycles. The van der Waals surface area contributed by atoms with Crippen molar-refractivity contribution >= 4 is 17.5 Å². The van der Waals surface area contributed by atoms with Gasteiger partial charge < -0.3 is 19.6 Å². The van der Waals surface area contributed by atoms with Crippen molar-refractivity contribution in [3.63, 3.8) is 0 Å². The molecule has 24 heavy (non-hydrogen) atoms. The number of piperazine rings is 2. The zero-order valence-corrected chi connectivity index (χ0v) is 14.8. The van der Waals surface area contributed by atoms with Gasteiger partial charge in [0.25, 0.3) is 0 Å². The molecule has 1 aromatic rings. The number of hydrogen-bond acceptors (Lipinski definition) is 6. The van der Waals surface area contributed by atoms with Crippen LogP contribution >= 0.6 is 0 Å². The Morgan fingerprint density at radius 1 is 0.958 bits per heavy atom. The van der Waals surface area contributed by atoms with Gasteiger partial charge in [0, 0.05) is 64.8 Å². The summed E-state index contributed by atoms with van der Waals surface area (Å²) in [6.45, 7) is 9.45. The molecule has 0 aromatic carbocycles. The van der Waals surface area contributed by atoms with E-state index in [-0.39, 0.29) is 5.91 Å². The highest BCUT2D eigenvalue weighted by molar-refractivity contribution is 5.76. The molecule has 0 atom stereocenters. The van der Waals surface area contributed by atoms with Crippen molar-refractivity contribution in [2.75, 3.05) is 69.2 Å². The van der Waals surface area contributed by atoms with E-state index in [1.54, 1.807) is 6.33 Å². The summed E-state index contributed by atoms with van der Waals surface area (Å²) >= 11 is 0. The van der Waals surface area contributed by atoms with Crippen molar-refractivity contribution in [2.45, 2.75) is 19.8 Å². The fourth-order valence-corrected chi connectivity index (χ4v) is 3.28. The van der Waals surface area contributed by atoms with Crippen LogP contribution in [0.5, 0.6) is 0 Å². The van der Waals surface area contributed by atoms with Crippen LogP contribution in [-0.4, -0.2) is 85.1 Å². The van der Waals surface area contributed by atoms with Gasteiger partial charge in [0.2, 0.25) is 5.91 Å². The Morgan fingerprint density at radius 2 is 1.50 bits per heavy atom. The normalized spacial score (nSPS) is 19.7. The molecule has 2 saturated heterocycles. The van der Waals surface area contributed by atoms with Crippen molar-refractivity contribution in [1.29, 1.82) is 0 Å². The van der Waals surface area contributed by atoms with E-state index < -0.39 is 0 Å². The lowest BCUT2D eigenvalue weighted by atomic mass is 10.2. The molecule has 3 rings (SSSR count). The molecule has 2 aliphatic rings. The Morgan fingerprint density at radius 3 is 2.04 bits per heavy atom. The third-order valence-corrected chi connectivity index (χ3v) is 4.89. The van der Waals surface area contributed by atoms with E-state index in [1.165, 1.54) is 0 Å². The second-order valence-electron chi connectivity index (χ2n) is 6.64. The van der Waals surface area contributed by atoms with Crippen LogP contribution in [0.15, 0.2) is 12.4 Å². The Kier molecular flexibility index (Phi) is 5.50. The summed E-state index contributed by atoms with van der Waals surface area (Å²) in [5.41, 5.74) is 0. The number of nitrogens with zero attached hydrogens (tertiary/aromatic N) is 6. The third-order valence-electron chi connectivity index (χ3n) is 4.89. The molecule has 0 radical (unpaired) electrons. The maximum absolute atomic E-state index is 12.0. The minimum absolute atomic E-state index is 0.276. The van der Waals surface area contributed by atoms with Gasteiger partial charge in [-0.3, -0.25) is 4.79 Å². The quantitative estimate of drug-likeness (QED) is 0.808. The lowest BCUT2D eigenvalue weighted by Gasteiger charge is -2.36. The van der Waals surface area contributed by atoms with Crippen LogP contribution in [0.4, 0.5) is 11.6 Å². The summed E-state index contributed by atoms with van der Waals surface area (Å²) in [6.07, 6.45) is 3.23. The summed E-state index contributed by atoms with van der Waals surface area (Å²) in [4.78, 5) is 29.8. The van der Waals surface area contributed by atoms with Crippen LogP contribution in [0.2, 0.25) is 0 Å². The molecule has 0 saturated carbocycles. The Balaban J connectivity index is 1.60. The summed E-state index contributed by atoms with van der Waals surface area (Å²) in [7, 11) is 2.15. The van der Waals surface area contributed by atoms with Crippen molar-refractivity contribution in [3.8, 4) is 0 Å². The topological polar surface area (TPSA) is 55.8 Å². The van der Waals surface area contributed by atoms with Crippen LogP contribution in [0.25, 0.3) is 0 Å². The number of hydrogen-bond donors (Lipinski definition) is 0. The number of likely N-dealkylation sites (N-methyl/N-ethyl adjacent to an activating group) is 1. The molecule has 0 spiro atoms. The van der Waals surface area contributed by atoms with Gasteiger partial charge in [0.05, 0.1) is 0 Å². The highest BCUT2D eigenvalue weighted by Crippen LogP contribution is 2.20. The van der Waals surface area contributed by atoms with Crippen molar-refractivity contribution in [3.05, 3.63) is 12.4 Å². The Labute approximate surface area is 144 Å². The van der Waals surface area contributed by atoms with Crippen LogP contribution < -0.4 is 9.80 Å². The Bertz CT molecular complexity index is 550. The van der Waals surface area contributed by atoms with Gasteiger partial charge in [-0.05, 0) is 13.5 Å². The highest BCUT2D eigenvalue weighted by Gasteiger charge is 2.22. The van der Waals surface area contributed by atoms with Gasteiger partial charge in [-0.1, -0.05) is 6.92 Å². The van der Waals surface area contributed by atoms with Crippen molar-refractivity contribution in [1.82, 2.24) is 19.8 Å². The standard InChI is InChI=1S/C17H28N6O/c1-3-4-17(24)23-11-9-22(10-12-23)16-13-15(18-14-19-16)21-7-5-20(2)6-8-21/h13-14H,3-12H2,1-2H3. The summed E-state index contributed by atoms with van der Waals surface area (Å²) in [5, 5.41) is 0. The number of rotatable bonds is 4. The van der Waals surface area contributed by atoms with Gasteiger partial charge in [-0.2, -0.15) is 0 Å². The SMILES string of the molecule is CCCC(=O)N1CCN(c2cc(N3CCN(C)CC3)ncn2)CC1. The fraction of sp³-hybridized carbons (Fsp3) is 0.706. The van der Waals surface area contributed by atoms with Crippen LogP contribution in [-0.2, 0) is 4.79 Å². The Hall–Kier alpha value is -1.89. The molecule has 0 bridgehead atoms. The van der Waals surface area contributed by atoms with Crippen LogP contribution in [0.1, 0.15) is 19.8 Å². The third kappa shape index (κ3) is 3.95. The summed E-state index contributed by atoms with van der Waals surface area (Å²) < 4.78 is 0. The molecular formula is C17H28N6O. The zero-order chi connectivity index (χ0) is 16.9. The predicted octanol–water partition coefficient (Wildman–Crippen LogP) is 0.677. The first-order chi connectivity index (χ1) is 11.7. The molecular weight excluding hydrogens is 304 g/mol. The van der Waals surface area contributed by atoms with Gasteiger partial charge in [-0.25, -0.2) is 9.97 Å². The molecule has 0 N–H and O–H groups in total. The number of anilines is 2. The average Bonchev–Trinajstić information content (AvgIpc) is 2.63. The zero-order valence-electron chi connectivity index (χ0n) is 14.8. The molecule has 1 aromatic heterocycles. The molecule has 0 unspecified atom stereocenters. The number of amides is 1. The first-order valence-electron chi connectivity index (χ1n) is 8.95. The van der Waals surface area contributed by atoms with Gasteiger partial charge in [0.15, 0.2) is 0 Å². The lowest BCUT2D eigenvalue weighted by Crippen LogP contribution is -2.49. The van der Waals surface area contributed by atoms with E-state index in [9.17, 15) is 4.79 Å². The van der Waals surface area contributed by atoms with E-state index in [1.807, 2.05) is 4.90 Å². The van der Waals surface area contributed by atoms with Gasteiger partial charge >= 0.3 is 0 Å². The van der Waals surface area contributed by atoms with Crippen LogP contribution in [0.3, 0.4) is 0 Å². The predicted molar refractivity (Wildman–Crippen MR) is 95.4 cm³/mol. The highest BCUT2D eigenvalue weighted by atomic mass is 16.2. The largest absolute Gasteiger partial charge is 0.354 e. The lowest BCUT2D eigenvalue weighted by molar-refractivity contribution is -0.131. The van der Waals surface area contributed by atoms with E-state index >= 15 is 0 Å². The van der Waals surface area contributed by atoms with E-state index in [0.29, 0.717) is 6.42 Å². The molecule has 2 fully saturated rings. The first-order valence-corrected chi connectivity index (χ1v) is 8.95.